The Morgan fingerprint density at radius 2 is 1.85 bits per heavy atom. The minimum atomic E-state index is -0.474. The Balaban J connectivity index is 1.65. The smallest absolute Gasteiger partial charge is 0.255 e. The van der Waals surface area contributed by atoms with Crippen molar-refractivity contribution in [1.29, 1.82) is 0 Å². The molecule has 0 saturated heterocycles. The summed E-state index contributed by atoms with van der Waals surface area (Å²) in [7, 11) is 0. The van der Waals surface area contributed by atoms with E-state index in [4.69, 9.17) is 27.6 Å². The summed E-state index contributed by atoms with van der Waals surface area (Å²) < 4.78 is 19.0. The first-order valence-corrected chi connectivity index (χ1v) is 8.69. The van der Waals surface area contributed by atoms with Gasteiger partial charge in [-0.3, -0.25) is 4.79 Å². The van der Waals surface area contributed by atoms with Crippen molar-refractivity contribution in [2.24, 2.45) is 0 Å². The van der Waals surface area contributed by atoms with Gasteiger partial charge in [-0.05, 0) is 48.5 Å². The number of nitrogens with one attached hydrogen (secondary N) is 1. The molecule has 4 rings (SSSR count). The number of aromatic nitrogens is 1. The number of benzene rings is 3. The summed E-state index contributed by atoms with van der Waals surface area (Å²) >= 11 is 12.3. The Bertz CT molecular complexity index is 1170. The molecule has 0 atom stereocenters. The molecule has 1 amide bonds. The number of carbonyl (C=O) groups is 1. The van der Waals surface area contributed by atoms with Crippen LogP contribution in [0.25, 0.3) is 22.6 Å². The van der Waals surface area contributed by atoms with Gasteiger partial charge in [-0.2, -0.15) is 0 Å². The lowest BCUT2D eigenvalue weighted by Crippen LogP contribution is -2.11. The zero-order valence-corrected chi connectivity index (χ0v) is 15.2. The van der Waals surface area contributed by atoms with E-state index in [0.717, 1.165) is 0 Å². The van der Waals surface area contributed by atoms with Crippen LogP contribution in [0.3, 0.4) is 0 Å². The number of carbonyl (C=O) groups excluding carboxylic acids is 1. The summed E-state index contributed by atoms with van der Waals surface area (Å²) in [5, 5.41) is 3.47. The van der Waals surface area contributed by atoms with Gasteiger partial charge in [0, 0.05) is 11.3 Å². The van der Waals surface area contributed by atoms with Crippen LogP contribution in [0, 0.1) is 5.82 Å². The molecule has 4 nitrogen and oxygen atoms in total. The molecule has 27 heavy (non-hydrogen) atoms. The van der Waals surface area contributed by atoms with E-state index in [-0.39, 0.29) is 5.56 Å². The normalized spacial score (nSPS) is 10.9. The van der Waals surface area contributed by atoms with Gasteiger partial charge in [0.1, 0.15) is 11.3 Å². The van der Waals surface area contributed by atoms with Gasteiger partial charge in [-0.15, -0.1) is 0 Å². The van der Waals surface area contributed by atoms with Crippen molar-refractivity contribution in [2.45, 2.75) is 0 Å². The van der Waals surface area contributed by atoms with Gasteiger partial charge in [-0.1, -0.05) is 35.3 Å². The van der Waals surface area contributed by atoms with Crippen molar-refractivity contribution in [3.63, 3.8) is 0 Å². The lowest BCUT2D eigenvalue weighted by Gasteiger charge is -2.04. The highest BCUT2D eigenvalue weighted by atomic mass is 35.5. The molecule has 0 aliphatic carbocycles. The third kappa shape index (κ3) is 3.52. The number of hydrogen-bond acceptors (Lipinski definition) is 3. The number of fused-ring (bicyclic) bond motifs is 1. The molecule has 7 heteroatoms. The number of halogens is 3. The fourth-order valence-corrected chi connectivity index (χ4v) is 3.00. The van der Waals surface area contributed by atoms with Gasteiger partial charge in [0.15, 0.2) is 5.58 Å². The SMILES string of the molecule is O=C(Nc1ccc2oc(-c3cccc(Cl)c3Cl)nc2c1)c1cccc(F)c1. The molecule has 0 unspecified atom stereocenters. The minimum absolute atomic E-state index is 0.224. The largest absolute Gasteiger partial charge is 0.436 e. The Morgan fingerprint density at radius 3 is 2.67 bits per heavy atom. The summed E-state index contributed by atoms with van der Waals surface area (Å²) in [6, 6.07) is 15.7. The van der Waals surface area contributed by atoms with Crippen LogP contribution in [0.4, 0.5) is 10.1 Å². The maximum Gasteiger partial charge on any atom is 0.255 e. The number of oxazole rings is 1. The Labute approximate surface area is 163 Å². The van der Waals surface area contributed by atoms with Crippen molar-refractivity contribution < 1.29 is 13.6 Å². The zero-order valence-electron chi connectivity index (χ0n) is 13.7. The maximum atomic E-state index is 13.3. The average Bonchev–Trinajstić information content (AvgIpc) is 3.07. The molecule has 0 fully saturated rings. The number of rotatable bonds is 3. The van der Waals surface area contributed by atoms with Crippen LogP contribution in [0.15, 0.2) is 65.1 Å². The molecule has 1 heterocycles. The molecule has 4 aromatic rings. The maximum absolute atomic E-state index is 13.3. The average molecular weight is 401 g/mol. The van der Waals surface area contributed by atoms with Crippen molar-refractivity contribution in [3.8, 4) is 11.5 Å². The van der Waals surface area contributed by atoms with Gasteiger partial charge in [-0.25, -0.2) is 9.37 Å². The lowest BCUT2D eigenvalue weighted by atomic mass is 10.2. The van der Waals surface area contributed by atoms with Crippen LogP contribution >= 0.6 is 23.2 Å². The van der Waals surface area contributed by atoms with E-state index >= 15 is 0 Å². The van der Waals surface area contributed by atoms with Crippen LogP contribution in [0.2, 0.25) is 10.0 Å². The zero-order chi connectivity index (χ0) is 19.0. The summed E-state index contributed by atoms with van der Waals surface area (Å²) in [6.45, 7) is 0. The Kier molecular flexibility index (Phi) is 4.56. The Morgan fingerprint density at radius 1 is 1.04 bits per heavy atom. The van der Waals surface area contributed by atoms with E-state index in [0.29, 0.717) is 38.3 Å². The van der Waals surface area contributed by atoms with E-state index in [1.807, 2.05) is 0 Å². The van der Waals surface area contributed by atoms with Crippen molar-refractivity contribution in [1.82, 2.24) is 4.98 Å². The predicted molar refractivity (Wildman–Crippen MR) is 104 cm³/mol. The minimum Gasteiger partial charge on any atom is -0.436 e. The van der Waals surface area contributed by atoms with Crippen molar-refractivity contribution in [2.75, 3.05) is 5.32 Å². The topological polar surface area (TPSA) is 55.1 Å². The molecular weight excluding hydrogens is 390 g/mol. The molecule has 0 spiro atoms. The molecule has 1 N–H and O–H groups in total. The number of hydrogen-bond donors (Lipinski definition) is 1. The van der Waals surface area contributed by atoms with Crippen molar-refractivity contribution in [3.05, 3.63) is 82.1 Å². The van der Waals surface area contributed by atoms with E-state index in [1.54, 1.807) is 36.4 Å². The van der Waals surface area contributed by atoms with Gasteiger partial charge < -0.3 is 9.73 Å². The highest BCUT2D eigenvalue weighted by Crippen LogP contribution is 2.34. The molecular formula is C20H11Cl2FN2O2. The summed E-state index contributed by atoms with van der Waals surface area (Å²) in [5.41, 5.74) is 2.38. The second-order valence-corrected chi connectivity index (χ2v) is 6.55. The molecule has 0 saturated carbocycles. The lowest BCUT2D eigenvalue weighted by molar-refractivity contribution is 0.102. The van der Waals surface area contributed by atoms with Crippen LogP contribution in [-0.2, 0) is 0 Å². The molecule has 0 aliphatic heterocycles. The van der Waals surface area contributed by atoms with Gasteiger partial charge in [0.25, 0.3) is 5.91 Å². The molecule has 0 radical (unpaired) electrons. The Hall–Kier alpha value is -2.89. The number of nitrogens with zero attached hydrogens (tertiary/aromatic N) is 1. The quantitative estimate of drug-likeness (QED) is 0.445. The third-order valence-electron chi connectivity index (χ3n) is 3.91. The molecule has 0 aliphatic rings. The van der Waals surface area contributed by atoms with Crippen LogP contribution in [-0.4, -0.2) is 10.9 Å². The fraction of sp³-hybridized carbons (Fsp3) is 0. The van der Waals surface area contributed by atoms with Crippen LogP contribution in [0.1, 0.15) is 10.4 Å². The van der Waals surface area contributed by atoms with Crippen LogP contribution < -0.4 is 5.32 Å². The molecule has 1 aromatic heterocycles. The van der Waals surface area contributed by atoms with Gasteiger partial charge >= 0.3 is 0 Å². The summed E-state index contributed by atoms with van der Waals surface area (Å²) in [6.07, 6.45) is 0. The predicted octanol–water partition coefficient (Wildman–Crippen LogP) is 6.19. The van der Waals surface area contributed by atoms with E-state index in [9.17, 15) is 9.18 Å². The number of amides is 1. The number of anilines is 1. The van der Waals surface area contributed by atoms with E-state index in [1.165, 1.54) is 24.3 Å². The van der Waals surface area contributed by atoms with Gasteiger partial charge in [0.05, 0.1) is 15.6 Å². The standard InChI is InChI=1S/C20H11Cl2FN2O2/c21-15-6-2-5-14(18(15)22)20-25-16-10-13(7-8-17(16)27-20)24-19(26)11-3-1-4-12(23)9-11/h1-10H,(H,24,26). The van der Waals surface area contributed by atoms with Gasteiger partial charge in [0.2, 0.25) is 5.89 Å². The first kappa shape index (κ1) is 17.5. The first-order chi connectivity index (χ1) is 13.0. The second-order valence-electron chi connectivity index (χ2n) is 5.77. The summed E-state index contributed by atoms with van der Waals surface area (Å²) in [4.78, 5) is 16.7. The highest BCUT2D eigenvalue weighted by Gasteiger charge is 2.14. The van der Waals surface area contributed by atoms with Crippen LogP contribution in [0.5, 0.6) is 0 Å². The second kappa shape index (κ2) is 7.02. The van der Waals surface area contributed by atoms with Crippen molar-refractivity contribution >= 4 is 45.9 Å². The molecule has 3 aromatic carbocycles. The van der Waals surface area contributed by atoms with E-state index < -0.39 is 11.7 Å². The molecule has 0 bridgehead atoms. The molecule has 134 valence electrons. The highest BCUT2D eigenvalue weighted by molar-refractivity contribution is 6.43. The fourth-order valence-electron chi connectivity index (χ4n) is 2.62. The monoisotopic (exact) mass is 400 g/mol. The van der Waals surface area contributed by atoms with E-state index in [2.05, 4.69) is 10.3 Å². The summed E-state index contributed by atoms with van der Waals surface area (Å²) in [5.74, 6) is -0.570. The third-order valence-corrected chi connectivity index (χ3v) is 4.73. The first-order valence-electron chi connectivity index (χ1n) is 7.93.